The van der Waals surface area contributed by atoms with Gasteiger partial charge in [-0.1, -0.05) is 11.8 Å². The average molecular weight is 152 g/mol. The second-order valence-corrected chi connectivity index (χ2v) is 2.31. The lowest BCUT2D eigenvalue weighted by molar-refractivity contribution is -0.138. The molecule has 0 heterocycles. The minimum absolute atomic E-state index is 0.322. The minimum atomic E-state index is -1.18. The maximum atomic E-state index is 10.8. The Balaban J connectivity index is 4.58. The molecule has 0 amide bonds. The first kappa shape index (κ1) is 8.81. The molecule has 0 N–H and O–H groups in total. The van der Waals surface area contributed by atoms with Gasteiger partial charge in [0.25, 0.3) is 0 Å². The lowest BCUT2D eigenvalue weighted by atomic mass is 9.94. The molecular formula is C7H8O2Si. The zero-order valence-electron chi connectivity index (χ0n) is 5.97. The van der Waals surface area contributed by atoms with E-state index in [0.717, 1.165) is 0 Å². The van der Waals surface area contributed by atoms with Gasteiger partial charge in [-0.25, -0.2) is 0 Å². The molecular weight excluding hydrogens is 144 g/mol. The molecule has 0 radical (unpaired) electrons. The molecule has 0 aromatic rings. The summed E-state index contributed by atoms with van der Waals surface area (Å²) in [6.45, 7) is 1.48. The van der Waals surface area contributed by atoms with Gasteiger partial charge in [0.2, 0.25) is 10.5 Å². The third kappa shape index (κ3) is 1.40. The first-order valence-corrected chi connectivity index (χ1v) is 3.46. The van der Waals surface area contributed by atoms with Crippen molar-refractivity contribution in [1.82, 2.24) is 0 Å². The van der Waals surface area contributed by atoms with E-state index in [2.05, 4.69) is 16.3 Å². The number of terminal acetylenes is 2. The molecule has 52 valence electrons. The Morgan fingerprint density at radius 2 is 2.00 bits per heavy atom. The Labute approximate surface area is 63.5 Å². The molecule has 0 unspecified atom stereocenters. The summed E-state index contributed by atoms with van der Waals surface area (Å²) in [4.78, 5) is 10.8. The molecule has 0 aromatic carbocycles. The number of carbonyl (C=O) groups excluding carboxylic acids is 1. The van der Waals surface area contributed by atoms with Gasteiger partial charge in [-0.15, -0.1) is 12.8 Å². The van der Waals surface area contributed by atoms with Gasteiger partial charge < -0.3 is 4.43 Å². The van der Waals surface area contributed by atoms with Crippen LogP contribution >= 0.6 is 0 Å². The molecule has 3 heteroatoms. The van der Waals surface area contributed by atoms with E-state index < -0.39 is 11.4 Å². The van der Waals surface area contributed by atoms with Crippen molar-refractivity contribution in [3.63, 3.8) is 0 Å². The maximum Gasteiger partial charge on any atom is 0.322 e. The van der Waals surface area contributed by atoms with Crippen molar-refractivity contribution in [2.24, 2.45) is 5.41 Å². The Kier molecular flexibility index (Phi) is 2.73. The zero-order valence-corrected chi connectivity index (χ0v) is 7.97. The van der Waals surface area contributed by atoms with E-state index in [4.69, 9.17) is 12.8 Å². The third-order valence-electron chi connectivity index (χ3n) is 1.17. The molecule has 10 heavy (non-hydrogen) atoms. The van der Waals surface area contributed by atoms with Gasteiger partial charge in [-0.2, -0.15) is 0 Å². The summed E-state index contributed by atoms with van der Waals surface area (Å²) in [5.41, 5.74) is -1.18. The molecule has 0 bridgehead atoms. The van der Waals surface area contributed by atoms with Crippen LogP contribution in [0.1, 0.15) is 6.92 Å². The van der Waals surface area contributed by atoms with Gasteiger partial charge in [0, 0.05) is 0 Å². The summed E-state index contributed by atoms with van der Waals surface area (Å²) in [7, 11) is 0.322. The smallest absolute Gasteiger partial charge is 0.322 e. The summed E-state index contributed by atoms with van der Waals surface area (Å²) in [6, 6.07) is 0. The lowest BCUT2D eigenvalue weighted by Gasteiger charge is -2.12. The summed E-state index contributed by atoms with van der Waals surface area (Å²) >= 11 is 0. The van der Waals surface area contributed by atoms with Crippen molar-refractivity contribution in [2.75, 3.05) is 0 Å². The molecule has 0 saturated heterocycles. The Morgan fingerprint density at radius 3 is 2.10 bits per heavy atom. The predicted molar refractivity (Wildman–Crippen MR) is 41.8 cm³/mol. The van der Waals surface area contributed by atoms with Crippen molar-refractivity contribution in [3.05, 3.63) is 0 Å². The van der Waals surface area contributed by atoms with Crippen LogP contribution in [0.4, 0.5) is 0 Å². The van der Waals surface area contributed by atoms with Crippen LogP contribution in [-0.2, 0) is 9.22 Å². The van der Waals surface area contributed by atoms with Crippen LogP contribution in [0.25, 0.3) is 0 Å². The van der Waals surface area contributed by atoms with Crippen molar-refractivity contribution in [2.45, 2.75) is 6.92 Å². The van der Waals surface area contributed by atoms with Gasteiger partial charge in [0.05, 0.1) is 0 Å². The van der Waals surface area contributed by atoms with Gasteiger partial charge in [-0.05, 0) is 6.92 Å². The van der Waals surface area contributed by atoms with Crippen LogP contribution in [-0.4, -0.2) is 16.5 Å². The van der Waals surface area contributed by atoms with E-state index in [0.29, 0.717) is 10.5 Å². The Morgan fingerprint density at radius 1 is 1.60 bits per heavy atom. The molecule has 0 fully saturated rings. The summed E-state index contributed by atoms with van der Waals surface area (Å²) in [5.74, 6) is 3.87. The number of hydrogen-bond acceptors (Lipinski definition) is 2. The molecule has 0 atom stereocenters. The summed E-state index contributed by atoms with van der Waals surface area (Å²) < 4.78 is 4.51. The molecule has 0 rings (SSSR count). The van der Waals surface area contributed by atoms with Crippen molar-refractivity contribution in [3.8, 4) is 24.7 Å². The van der Waals surface area contributed by atoms with E-state index in [-0.39, 0.29) is 0 Å². The van der Waals surface area contributed by atoms with Gasteiger partial charge in [-0.3, -0.25) is 4.79 Å². The molecule has 0 aliphatic carbocycles. The minimum Gasteiger partial charge on any atom is -0.527 e. The van der Waals surface area contributed by atoms with Crippen molar-refractivity contribution in [1.29, 1.82) is 0 Å². The average Bonchev–Trinajstić information content (AvgIpc) is 2.01. The van der Waals surface area contributed by atoms with Gasteiger partial charge in [0.15, 0.2) is 5.41 Å². The highest BCUT2D eigenvalue weighted by Crippen LogP contribution is 2.13. The Bertz CT molecular complexity index is 205. The van der Waals surface area contributed by atoms with Crippen LogP contribution in [0.3, 0.4) is 0 Å². The molecule has 0 aliphatic rings. The molecule has 0 spiro atoms. The number of rotatable bonds is 1. The summed E-state index contributed by atoms with van der Waals surface area (Å²) in [5, 5.41) is 0. The fraction of sp³-hybridized carbons (Fsp3) is 0.286. The van der Waals surface area contributed by atoms with Crippen LogP contribution in [0.15, 0.2) is 0 Å². The van der Waals surface area contributed by atoms with Crippen LogP contribution < -0.4 is 0 Å². The molecule has 0 saturated carbocycles. The van der Waals surface area contributed by atoms with Gasteiger partial charge >= 0.3 is 5.97 Å². The zero-order chi connectivity index (χ0) is 8.20. The second-order valence-electron chi connectivity index (χ2n) is 1.91. The highest BCUT2D eigenvalue weighted by molar-refractivity contribution is 6.07. The van der Waals surface area contributed by atoms with Crippen molar-refractivity contribution >= 4 is 16.5 Å². The van der Waals surface area contributed by atoms with E-state index in [1.165, 1.54) is 6.92 Å². The molecule has 0 aromatic heterocycles. The van der Waals surface area contributed by atoms with Crippen molar-refractivity contribution < 1.29 is 9.22 Å². The second kappa shape index (κ2) is 3.10. The maximum absolute atomic E-state index is 10.8. The third-order valence-corrected chi connectivity index (χ3v) is 1.54. The first-order chi connectivity index (χ1) is 4.60. The van der Waals surface area contributed by atoms with E-state index >= 15 is 0 Å². The first-order valence-electron chi connectivity index (χ1n) is 2.64. The number of carbonyl (C=O) groups is 1. The van der Waals surface area contributed by atoms with Crippen LogP contribution in [0, 0.1) is 30.1 Å². The van der Waals surface area contributed by atoms with E-state index in [1.54, 1.807) is 0 Å². The Hall–Kier alpha value is -1.19. The topological polar surface area (TPSA) is 26.3 Å². The fourth-order valence-electron chi connectivity index (χ4n) is 0.364. The monoisotopic (exact) mass is 152 g/mol. The van der Waals surface area contributed by atoms with E-state index in [1.807, 2.05) is 0 Å². The van der Waals surface area contributed by atoms with E-state index in [9.17, 15) is 4.79 Å². The molecule has 0 aliphatic heterocycles. The highest BCUT2D eigenvalue weighted by Gasteiger charge is 2.28. The largest absolute Gasteiger partial charge is 0.527 e. The predicted octanol–water partition coefficient (Wildman–Crippen LogP) is -0.917. The van der Waals surface area contributed by atoms with Crippen LogP contribution in [0.5, 0.6) is 0 Å². The standard InChI is InChI=1S/C7H8O2Si/c1-4-7(3,5-2)6(8)9-10/h1-2H,3,10H3. The quantitative estimate of drug-likeness (QED) is 0.359. The fourth-order valence-corrected chi connectivity index (χ4v) is 0.772. The highest BCUT2D eigenvalue weighted by atomic mass is 28.2. The SMILES string of the molecule is C#CC(C)(C#C)C(=O)O[SiH3]. The molecule has 2 nitrogen and oxygen atoms in total. The van der Waals surface area contributed by atoms with Crippen LogP contribution in [0.2, 0.25) is 0 Å². The lowest BCUT2D eigenvalue weighted by Crippen LogP contribution is -2.25. The summed E-state index contributed by atoms with van der Waals surface area (Å²) in [6.07, 6.45) is 10.0. The number of hydrogen-bond donors (Lipinski definition) is 0. The normalized spacial score (nSPS) is 9.50. The van der Waals surface area contributed by atoms with Gasteiger partial charge in [0.1, 0.15) is 0 Å².